The Morgan fingerprint density at radius 1 is 1.09 bits per heavy atom. The topological polar surface area (TPSA) is 51.4 Å². The van der Waals surface area contributed by atoms with Crippen molar-refractivity contribution in [1.29, 1.82) is 0 Å². The first-order chi connectivity index (χ1) is 11.3. The van der Waals surface area contributed by atoms with Gasteiger partial charge in [0.25, 0.3) is 0 Å². The minimum absolute atomic E-state index is 0.567. The summed E-state index contributed by atoms with van der Waals surface area (Å²) in [4.78, 5) is 6.67. The molecule has 1 aliphatic heterocycles. The van der Waals surface area contributed by atoms with Crippen LogP contribution in [0.5, 0.6) is 5.75 Å². The maximum Gasteiger partial charge on any atom is 0.324 e. The first-order valence-corrected chi connectivity index (χ1v) is 7.63. The Hall–Kier alpha value is -2.82. The van der Waals surface area contributed by atoms with Crippen LogP contribution >= 0.6 is 0 Å². The predicted octanol–water partition coefficient (Wildman–Crippen LogP) is 3.31. The van der Waals surface area contributed by atoms with Gasteiger partial charge in [0.2, 0.25) is 5.82 Å². The summed E-state index contributed by atoms with van der Waals surface area (Å²) in [5.74, 6) is 1.36. The Labute approximate surface area is 134 Å². The van der Waals surface area contributed by atoms with E-state index in [2.05, 4.69) is 39.3 Å². The van der Waals surface area contributed by atoms with Gasteiger partial charge in [-0.15, -0.1) is 0 Å². The zero-order valence-electron chi connectivity index (χ0n) is 12.9. The molecular weight excluding hydrogens is 290 g/mol. The molecule has 116 valence electrons. The SMILES string of the molecule is COc1cccc(-c2noc(N3CCc4ccccc4C3)n2)c1. The summed E-state index contributed by atoms with van der Waals surface area (Å²) in [5, 5.41) is 4.11. The van der Waals surface area contributed by atoms with E-state index in [1.807, 2.05) is 24.3 Å². The number of anilines is 1. The summed E-state index contributed by atoms with van der Waals surface area (Å²) in [6, 6.07) is 16.7. The summed E-state index contributed by atoms with van der Waals surface area (Å²) in [7, 11) is 1.64. The van der Waals surface area contributed by atoms with Crippen molar-refractivity contribution in [2.75, 3.05) is 18.6 Å². The maximum atomic E-state index is 5.47. The molecule has 23 heavy (non-hydrogen) atoms. The molecule has 4 rings (SSSR count). The van der Waals surface area contributed by atoms with E-state index in [4.69, 9.17) is 9.26 Å². The molecule has 3 aromatic rings. The molecule has 0 unspecified atom stereocenters. The molecule has 1 aromatic heterocycles. The Kier molecular flexibility index (Phi) is 3.46. The highest BCUT2D eigenvalue weighted by atomic mass is 16.5. The van der Waals surface area contributed by atoms with E-state index in [9.17, 15) is 0 Å². The second-order valence-electron chi connectivity index (χ2n) is 5.57. The molecule has 2 heterocycles. The summed E-state index contributed by atoms with van der Waals surface area (Å²) in [6.07, 6.45) is 0.993. The molecule has 0 radical (unpaired) electrons. The third kappa shape index (κ3) is 2.65. The van der Waals surface area contributed by atoms with Crippen LogP contribution in [-0.4, -0.2) is 23.8 Å². The lowest BCUT2D eigenvalue weighted by molar-refractivity contribution is 0.410. The van der Waals surface area contributed by atoms with Crippen LogP contribution in [0.15, 0.2) is 53.1 Å². The number of rotatable bonds is 3. The fourth-order valence-electron chi connectivity index (χ4n) is 2.88. The second kappa shape index (κ2) is 5.76. The fourth-order valence-corrected chi connectivity index (χ4v) is 2.88. The number of methoxy groups -OCH3 is 1. The highest BCUT2D eigenvalue weighted by molar-refractivity contribution is 5.58. The van der Waals surface area contributed by atoms with Crippen molar-refractivity contribution in [1.82, 2.24) is 10.1 Å². The molecule has 0 spiro atoms. The normalized spacial score (nSPS) is 13.7. The van der Waals surface area contributed by atoms with E-state index < -0.39 is 0 Å². The zero-order chi connectivity index (χ0) is 15.6. The lowest BCUT2D eigenvalue weighted by Gasteiger charge is -2.26. The first kappa shape index (κ1) is 13.8. The van der Waals surface area contributed by atoms with Crippen LogP contribution in [0, 0.1) is 0 Å². The van der Waals surface area contributed by atoms with Crippen LogP contribution in [0.25, 0.3) is 11.4 Å². The van der Waals surface area contributed by atoms with Crippen molar-refractivity contribution in [3.05, 3.63) is 59.7 Å². The molecule has 5 heteroatoms. The molecule has 0 aliphatic carbocycles. The van der Waals surface area contributed by atoms with Gasteiger partial charge in [-0.3, -0.25) is 0 Å². The molecule has 0 amide bonds. The van der Waals surface area contributed by atoms with E-state index in [0.29, 0.717) is 11.8 Å². The molecular formula is C18H17N3O2. The van der Waals surface area contributed by atoms with Crippen molar-refractivity contribution in [2.45, 2.75) is 13.0 Å². The van der Waals surface area contributed by atoms with Crippen LogP contribution in [0.1, 0.15) is 11.1 Å². The van der Waals surface area contributed by atoms with Crippen molar-refractivity contribution < 1.29 is 9.26 Å². The van der Waals surface area contributed by atoms with Crippen LogP contribution in [0.2, 0.25) is 0 Å². The van der Waals surface area contributed by atoms with Gasteiger partial charge in [-0.1, -0.05) is 41.6 Å². The van der Waals surface area contributed by atoms with Gasteiger partial charge in [-0.2, -0.15) is 4.98 Å². The molecule has 2 aromatic carbocycles. The molecule has 5 nitrogen and oxygen atoms in total. The molecule has 0 fully saturated rings. The van der Waals surface area contributed by atoms with Crippen LogP contribution in [0.3, 0.4) is 0 Å². The Bertz CT molecular complexity index is 828. The van der Waals surface area contributed by atoms with E-state index in [1.165, 1.54) is 11.1 Å². The Morgan fingerprint density at radius 2 is 1.96 bits per heavy atom. The second-order valence-corrected chi connectivity index (χ2v) is 5.57. The summed E-state index contributed by atoms with van der Waals surface area (Å²) < 4.78 is 10.7. The summed E-state index contributed by atoms with van der Waals surface area (Å²) in [6.45, 7) is 1.69. The largest absolute Gasteiger partial charge is 0.497 e. The predicted molar refractivity (Wildman–Crippen MR) is 87.5 cm³/mol. The lowest BCUT2D eigenvalue weighted by Crippen LogP contribution is -2.30. The van der Waals surface area contributed by atoms with Crippen molar-refractivity contribution in [3.63, 3.8) is 0 Å². The van der Waals surface area contributed by atoms with Crippen LogP contribution < -0.4 is 9.64 Å². The highest BCUT2D eigenvalue weighted by Gasteiger charge is 2.21. The molecule has 0 saturated heterocycles. The Morgan fingerprint density at radius 3 is 2.83 bits per heavy atom. The van der Waals surface area contributed by atoms with Crippen LogP contribution in [-0.2, 0) is 13.0 Å². The molecule has 0 saturated carbocycles. The van der Waals surface area contributed by atoms with E-state index in [0.717, 1.165) is 30.8 Å². The van der Waals surface area contributed by atoms with Crippen molar-refractivity contribution in [2.24, 2.45) is 0 Å². The number of nitrogens with zero attached hydrogens (tertiary/aromatic N) is 3. The maximum absolute atomic E-state index is 5.47. The van der Waals surface area contributed by atoms with Gasteiger partial charge in [-0.05, 0) is 29.7 Å². The average Bonchev–Trinajstić information content (AvgIpc) is 3.11. The molecule has 0 N–H and O–H groups in total. The minimum Gasteiger partial charge on any atom is -0.497 e. The highest BCUT2D eigenvalue weighted by Crippen LogP contribution is 2.26. The van der Waals surface area contributed by atoms with Gasteiger partial charge in [0, 0.05) is 18.7 Å². The van der Waals surface area contributed by atoms with Gasteiger partial charge in [-0.25, -0.2) is 0 Å². The number of hydrogen-bond acceptors (Lipinski definition) is 5. The number of benzene rings is 2. The van der Waals surface area contributed by atoms with Gasteiger partial charge in [0.1, 0.15) is 5.75 Å². The summed E-state index contributed by atoms with van der Waals surface area (Å²) in [5.41, 5.74) is 3.60. The lowest BCUT2D eigenvalue weighted by atomic mass is 10.0. The average molecular weight is 307 g/mol. The monoisotopic (exact) mass is 307 g/mol. The van der Waals surface area contributed by atoms with Gasteiger partial charge < -0.3 is 14.2 Å². The van der Waals surface area contributed by atoms with Gasteiger partial charge in [0.05, 0.1) is 7.11 Å². The minimum atomic E-state index is 0.567. The standard InChI is InChI=1S/C18H17N3O2/c1-22-16-8-4-7-14(11-16)17-19-18(23-20-17)21-10-9-13-5-2-3-6-15(13)12-21/h2-8,11H,9-10,12H2,1H3. The molecule has 0 atom stereocenters. The molecule has 0 bridgehead atoms. The Balaban J connectivity index is 1.59. The van der Waals surface area contributed by atoms with E-state index >= 15 is 0 Å². The first-order valence-electron chi connectivity index (χ1n) is 7.63. The quantitative estimate of drug-likeness (QED) is 0.743. The van der Waals surface area contributed by atoms with Crippen molar-refractivity contribution in [3.8, 4) is 17.1 Å². The number of fused-ring (bicyclic) bond motifs is 1. The number of hydrogen-bond donors (Lipinski definition) is 0. The van der Waals surface area contributed by atoms with Crippen molar-refractivity contribution >= 4 is 6.01 Å². The third-order valence-corrected chi connectivity index (χ3v) is 4.14. The number of aromatic nitrogens is 2. The third-order valence-electron chi connectivity index (χ3n) is 4.14. The van der Waals surface area contributed by atoms with Gasteiger partial charge in [0.15, 0.2) is 0 Å². The van der Waals surface area contributed by atoms with Crippen LogP contribution in [0.4, 0.5) is 6.01 Å². The number of ether oxygens (including phenoxy) is 1. The van der Waals surface area contributed by atoms with Gasteiger partial charge >= 0.3 is 6.01 Å². The van der Waals surface area contributed by atoms with E-state index in [-0.39, 0.29) is 0 Å². The molecule has 1 aliphatic rings. The van der Waals surface area contributed by atoms with E-state index in [1.54, 1.807) is 7.11 Å². The summed E-state index contributed by atoms with van der Waals surface area (Å²) >= 11 is 0. The fraction of sp³-hybridized carbons (Fsp3) is 0.222. The smallest absolute Gasteiger partial charge is 0.324 e. The zero-order valence-corrected chi connectivity index (χ0v) is 12.9.